The van der Waals surface area contributed by atoms with E-state index in [1.54, 1.807) is 17.0 Å². The summed E-state index contributed by atoms with van der Waals surface area (Å²) in [6.45, 7) is 2.09. The predicted octanol–water partition coefficient (Wildman–Crippen LogP) is 2.77. The van der Waals surface area contributed by atoms with Gasteiger partial charge in [-0.05, 0) is 43.9 Å². The second-order valence-corrected chi connectivity index (χ2v) is 6.84. The Morgan fingerprint density at radius 1 is 1.39 bits per heavy atom. The number of halogens is 1. The van der Waals surface area contributed by atoms with Gasteiger partial charge in [0.2, 0.25) is 11.8 Å². The van der Waals surface area contributed by atoms with E-state index >= 15 is 0 Å². The molecule has 1 saturated heterocycles. The first-order valence-electron chi connectivity index (χ1n) is 8.35. The topological polar surface area (TPSA) is 49.4 Å². The van der Waals surface area contributed by atoms with Crippen LogP contribution in [0.15, 0.2) is 24.3 Å². The standard InChI is InChI=1S/C18H23FN2O2/c1-18(17(23)20-15-7-2-3-8-15)10-9-16(22)21(18)12-13-5-4-6-14(19)11-13/h4-6,11,15H,2-3,7-10,12H2,1H3,(H,20,23). The van der Waals surface area contributed by atoms with Gasteiger partial charge in [-0.15, -0.1) is 0 Å². The van der Waals surface area contributed by atoms with E-state index in [0.717, 1.165) is 25.7 Å². The van der Waals surface area contributed by atoms with E-state index in [0.29, 0.717) is 18.4 Å². The molecule has 1 heterocycles. The van der Waals surface area contributed by atoms with Crippen LogP contribution in [0.3, 0.4) is 0 Å². The molecule has 1 aliphatic heterocycles. The van der Waals surface area contributed by atoms with Gasteiger partial charge in [-0.1, -0.05) is 25.0 Å². The molecule has 1 aliphatic carbocycles. The lowest BCUT2D eigenvalue weighted by molar-refractivity contribution is -0.141. The fraction of sp³-hybridized carbons (Fsp3) is 0.556. The van der Waals surface area contributed by atoms with Gasteiger partial charge in [-0.2, -0.15) is 0 Å². The normalized spacial score (nSPS) is 25.1. The van der Waals surface area contributed by atoms with Gasteiger partial charge in [-0.25, -0.2) is 4.39 Å². The third-order valence-electron chi connectivity index (χ3n) is 5.13. The van der Waals surface area contributed by atoms with Crippen molar-refractivity contribution in [2.75, 3.05) is 0 Å². The van der Waals surface area contributed by atoms with Crippen LogP contribution in [0.2, 0.25) is 0 Å². The van der Waals surface area contributed by atoms with Crippen molar-refractivity contribution in [2.24, 2.45) is 0 Å². The Hall–Kier alpha value is -1.91. The van der Waals surface area contributed by atoms with Crippen LogP contribution in [0.1, 0.15) is 51.0 Å². The lowest BCUT2D eigenvalue weighted by atomic mass is 9.96. The first-order chi connectivity index (χ1) is 11.0. The Kier molecular flexibility index (Phi) is 4.37. The first kappa shape index (κ1) is 16.0. The highest BCUT2D eigenvalue weighted by molar-refractivity contribution is 5.94. The van der Waals surface area contributed by atoms with E-state index in [9.17, 15) is 14.0 Å². The summed E-state index contributed by atoms with van der Waals surface area (Å²) < 4.78 is 13.4. The molecule has 23 heavy (non-hydrogen) atoms. The summed E-state index contributed by atoms with van der Waals surface area (Å²) in [5.41, 5.74) is -0.133. The smallest absolute Gasteiger partial charge is 0.245 e. The molecule has 1 N–H and O–H groups in total. The summed E-state index contributed by atoms with van der Waals surface area (Å²) in [6.07, 6.45) is 5.20. The minimum Gasteiger partial charge on any atom is -0.351 e. The van der Waals surface area contributed by atoms with Crippen molar-refractivity contribution >= 4 is 11.8 Å². The molecule has 0 bridgehead atoms. The van der Waals surface area contributed by atoms with Crippen molar-refractivity contribution in [3.63, 3.8) is 0 Å². The maximum atomic E-state index is 13.4. The molecular weight excluding hydrogens is 295 g/mol. The third kappa shape index (κ3) is 3.23. The maximum absolute atomic E-state index is 13.4. The number of carbonyl (C=O) groups excluding carboxylic acids is 2. The fourth-order valence-corrected chi connectivity index (χ4v) is 3.62. The van der Waals surface area contributed by atoms with Crippen molar-refractivity contribution in [1.82, 2.24) is 10.2 Å². The Bertz CT molecular complexity index is 613. The van der Waals surface area contributed by atoms with Crippen molar-refractivity contribution in [3.8, 4) is 0 Å². The molecule has 1 saturated carbocycles. The fourth-order valence-electron chi connectivity index (χ4n) is 3.62. The molecule has 3 rings (SSSR count). The van der Waals surface area contributed by atoms with E-state index in [1.165, 1.54) is 12.1 Å². The van der Waals surface area contributed by atoms with Crippen LogP contribution < -0.4 is 5.32 Å². The lowest BCUT2D eigenvalue weighted by Gasteiger charge is -2.35. The summed E-state index contributed by atoms with van der Waals surface area (Å²) in [4.78, 5) is 26.6. The number of nitrogens with one attached hydrogen (secondary N) is 1. The molecule has 5 heteroatoms. The average molecular weight is 318 g/mol. The van der Waals surface area contributed by atoms with Crippen LogP contribution in [0.25, 0.3) is 0 Å². The highest BCUT2D eigenvalue weighted by atomic mass is 19.1. The molecule has 1 atom stereocenters. The summed E-state index contributed by atoms with van der Waals surface area (Å²) in [6, 6.07) is 6.43. The molecule has 2 amide bonds. The van der Waals surface area contributed by atoms with E-state index in [4.69, 9.17) is 0 Å². The third-order valence-corrected chi connectivity index (χ3v) is 5.13. The molecular formula is C18H23FN2O2. The predicted molar refractivity (Wildman–Crippen MR) is 85.0 cm³/mol. The second kappa shape index (κ2) is 6.30. The minimum atomic E-state index is -0.841. The summed E-state index contributed by atoms with van der Waals surface area (Å²) >= 11 is 0. The quantitative estimate of drug-likeness (QED) is 0.928. The van der Waals surface area contributed by atoms with Gasteiger partial charge in [0.25, 0.3) is 0 Å². The van der Waals surface area contributed by atoms with Crippen molar-refractivity contribution < 1.29 is 14.0 Å². The molecule has 0 aromatic heterocycles. The number of hydrogen-bond donors (Lipinski definition) is 1. The Labute approximate surface area is 136 Å². The Morgan fingerprint density at radius 2 is 2.13 bits per heavy atom. The monoisotopic (exact) mass is 318 g/mol. The van der Waals surface area contributed by atoms with E-state index in [2.05, 4.69) is 5.32 Å². The number of benzene rings is 1. The largest absolute Gasteiger partial charge is 0.351 e. The van der Waals surface area contributed by atoms with E-state index in [1.807, 2.05) is 6.92 Å². The van der Waals surface area contributed by atoms with Gasteiger partial charge in [0, 0.05) is 19.0 Å². The summed E-state index contributed by atoms with van der Waals surface area (Å²) in [5, 5.41) is 3.10. The highest BCUT2D eigenvalue weighted by Crippen LogP contribution is 2.32. The van der Waals surface area contributed by atoms with Crippen LogP contribution in [0, 0.1) is 5.82 Å². The zero-order valence-electron chi connectivity index (χ0n) is 13.5. The van der Waals surface area contributed by atoms with E-state index in [-0.39, 0.29) is 30.2 Å². The molecule has 1 unspecified atom stereocenters. The van der Waals surface area contributed by atoms with Crippen molar-refractivity contribution in [1.29, 1.82) is 0 Å². The molecule has 0 radical (unpaired) electrons. The number of rotatable bonds is 4. The zero-order chi connectivity index (χ0) is 16.4. The molecule has 0 spiro atoms. The van der Waals surface area contributed by atoms with Crippen molar-refractivity contribution in [3.05, 3.63) is 35.6 Å². The van der Waals surface area contributed by atoms with Crippen LogP contribution in [0.4, 0.5) is 4.39 Å². The van der Waals surface area contributed by atoms with Gasteiger partial charge in [0.1, 0.15) is 11.4 Å². The average Bonchev–Trinajstić information content (AvgIpc) is 3.12. The Morgan fingerprint density at radius 3 is 2.83 bits per heavy atom. The second-order valence-electron chi connectivity index (χ2n) is 6.84. The van der Waals surface area contributed by atoms with Gasteiger partial charge in [-0.3, -0.25) is 9.59 Å². The zero-order valence-corrected chi connectivity index (χ0v) is 13.5. The van der Waals surface area contributed by atoms with Gasteiger partial charge in [0.05, 0.1) is 0 Å². The molecule has 1 aromatic rings. The van der Waals surface area contributed by atoms with E-state index < -0.39 is 5.54 Å². The van der Waals surface area contributed by atoms with Crippen LogP contribution >= 0.6 is 0 Å². The van der Waals surface area contributed by atoms with Crippen LogP contribution in [-0.4, -0.2) is 28.3 Å². The molecule has 124 valence electrons. The van der Waals surface area contributed by atoms with Crippen LogP contribution in [0.5, 0.6) is 0 Å². The Balaban J connectivity index is 1.76. The lowest BCUT2D eigenvalue weighted by Crippen LogP contribution is -2.55. The van der Waals surface area contributed by atoms with Gasteiger partial charge in [0.15, 0.2) is 0 Å². The maximum Gasteiger partial charge on any atom is 0.245 e. The molecule has 4 nitrogen and oxygen atoms in total. The highest BCUT2D eigenvalue weighted by Gasteiger charge is 2.47. The van der Waals surface area contributed by atoms with Crippen molar-refractivity contribution in [2.45, 2.75) is 63.6 Å². The molecule has 1 aromatic carbocycles. The number of nitrogens with zero attached hydrogens (tertiary/aromatic N) is 1. The van der Waals surface area contributed by atoms with Gasteiger partial charge >= 0.3 is 0 Å². The van der Waals surface area contributed by atoms with Gasteiger partial charge < -0.3 is 10.2 Å². The van der Waals surface area contributed by atoms with Crippen LogP contribution in [-0.2, 0) is 16.1 Å². The number of hydrogen-bond acceptors (Lipinski definition) is 2. The number of carbonyl (C=O) groups is 2. The summed E-state index contributed by atoms with van der Waals surface area (Å²) in [7, 11) is 0. The summed E-state index contributed by atoms with van der Waals surface area (Å²) in [5.74, 6) is -0.448. The number of likely N-dealkylation sites (tertiary alicyclic amines) is 1. The number of amides is 2. The first-order valence-corrected chi connectivity index (χ1v) is 8.35. The molecule has 2 fully saturated rings. The SMILES string of the molecule is CC1(C(=O)NC2CCCC2)CCC(=O)N1Cc1cccc(F)c1. The molecule has 2 aliphatic rings. The minimum absolute atomic E-state index is 0.0432.